The molecule has 5 heterocycles. The predicted octanol–water partition coefficient (Wildman–Crippen LogP) is 2.53. The molecular weight excluding hydrogens is 852 g/mol. The van der Waals surface area contributed by atoms with Crippen LogP contribution in [-0.2, 0) is 28.7 Å². The Labute approximate surface area is 389 Å². The molecule has 8 N–H and O–H groups in total. The standard InChI is InChI=1S/C47H75ClN10O7/c1-27(25-64-36-20-31(48)19-32(21-36)53-47(63)50-22-28-9-14-37-30(18-28)23-57(46(37)62)38-15-16-39(59)54-44(38)60)45(61)56-17-5-6-33(24-56)58-43-40(42(49)51-26-52-43)41(55-58)29-10-12-35(13-11-29)65-34-7-3-2-4-8-34/h28-38,40-43,51-52,55H,1-26,49H2,(H2,50,53,63)(H,54,59,60)/t28?,29?,30?,31?,32?,33-,35?,36?,37?,38?,40?,41?,42?,43?/m1/s1. The molecule has 0 bridgehead atoms. The number of nitrogens with two attached hydrogens (primary N) is 1. The van der Waals surface area contributed by atoms with E-state index < -0.39 is 6.04 Å². The van der Waals surface area contributed by atoms with Crippen LogP contribution in [0.2, 0.25) is 0 Å². The van der Waals surface area contributed by atoms with Crippen LogP contribution in [0, 0.1) is 29.6 Å². The first-order valence-electron chi connectivity index (χ1n) is 25.3. The van der Waals surface area contributed by atoms with Crippen LogP contribution in [0.15, 0.2) is 12.2 Å². The normalized spacial score (nSPS) is 39.6. The van der Waals surface area contributed by atoms with E-state index in [1.807, 2.05) is 4.90 Å². The number of hydrogen-bond donors (Lipinski definition) is 7. The van der Waals surface area contributed by atoms with Crippen molar-refractivity contribution in [3.63, 3.8) is 0 Å². The van der Waals surface area contributed by atoms with Crippen molar-refractivity contribution < 1.29 is 33.4 Å². The van der Waals surface area contributed by atoms with Crippen LogP contribution >= 0.6 is 11.6 Å². The number of carbonyl (C=O) groups excluding carboxylic acids is 5. The minimum absolute atomic E-state index is 0.0112. The van der Waals surface area contributed by atoms with Gasteiger partial charge in [0.2, 0.25) is 17.7 Å². The molecule has 9 aliphatic rings. The van der Waals surface area contributed by atoms with Gasteiger partial charge in [0.05, 0.1) is 37.3 Å². The molecule has 5 aliphatic heterocycles. The van der Waals surface area contributed by atoms with Crippen molar-refractivity contribution in [2.45, 2.75) is 182 Å². The molecular formula is C47H75ClN10O7. The lowest BCUT2D eigenvalue weighted by atomic mass is 9.75. The molecule has 18 heteroatoms. The smallest absolute Gasteiger partial charge is 0.315 e. The number of hydrazine groups is 1. The highest BCUT2D eigenvalue weighted by molar-refractivity contribution is 6.20. The van der Waals surface area contributed by atoms with Crippen LogP contribution in [0.5, 0.6) is 0 Å². The fourth-order valence-corrected chi connectivity index (χ4v) is 13.7. The number of likely N-dealkylation sites (tertiary alicyclic amines) is 2. The second kappa shape index (κ2) is 21.2. The first-order chi connectivity index (χ1) is 31.5. The molecule has 65 heavy (non-hydrogen) atoms. The number of imide groups is 1. The average molecular weight is 928 g/mol. The molecule has 0 spiro atoms. The Morgan fingerprint density at radius 3 is 2.45 bits per heavy atom. The van der Waals surface area contributed by atoms with Gasteiger partial charge in [0, 0.05) is 80.2 Å². The highest BCUT2D eigenvalue weighted by Gasteiger charge is 2.52. The SMILES string of the molecule is C=C(COC1CC(Cl)CC(NC(=O)NCC2CCC3C(=O)N(C4CCC(=O)NC4=O)CC3C2)C1)C(=O)N1CCC[C@@H](N2NC(C3CCC(OC4CCCCC4)CC3)C3C(N)NCNC32)C1. The average Bonchev–Trinajstić information content (AvgIpc) is 3.86. The van der Waals surface area contributed by atoms with E-state index in [2.05, 4.69) is 43.6 Å². The number of nitrogens with one attached hydrogen (secondary N) is 6. The summed E-state index contributed by atoms with van der Waals surface area (Å²) in [4.78, 5) is 68.1. The summed E-state index contributed by atoms with van der Waals surface area (Å²) in [7, 11) is 0. The van der Waals surface area contributed by atoms with Gasteiger partial charge in [0.1, 0.15) is 6.04 Å². The maximum Gasteiger partial charge on any atom is 0.315 e. The van der Waals surface area contributed by atoms with E-state index in [-0.39, 0.29) is 108 Å². The summed E-state index contributed by atoms with van der Waals surface area (Å²) >= 11 is 6.72. The van der Waals surface area contributed by atoms with E-state index >= 15 is 0 Å². The van der Waals surface area contributed by atoms with E-state index in [4.69, 9.17) is 26.8 Å². The third-order valence-corrected chi connectivity index (χ3v) is 17.0. The zero-order valence-electron chi connectivity index (χ0n) is 38.2. The van der Waals surface area contributed by atoms with Gasteiger partial charge in [-0.2, -0.15) is 0 Å². The van der Waals surface area contributed by atoms with Gasteiger partial charge in [-0.15, -0.1) is 11.6 Å². The summed E-state index contributed by atoms with van der Waals surface area (Å²) in [6, 6.07) is -0.643. The van der Waals surface area contributed by atoms with Crippen molar-refractivity contribution in [1.82, 2.24) is 46.8 Å². The number of rotatable bonds is 12. The topological polar surface area (TPSA) is 212 Å². The highest BCUT2D eigenvalue weighted by atomic mass is 35.5. The maximum absolute atomic E-state index is 13.9. The number of carbonyl (C=O) groups is 5. The number of alkyl halides is 1. The number of urea groups is 1. The molecule has 4 aliphatic carbocycles. The van der Waals surface area contributed by atoms with E-state index in [1.54, 1.807) is 4.90 Å². The van der Waals surface area contributed by atoms with Crippen molar-refractivity contribution in [2.24, 2.45) is 35.3 Å². The lowest BCUT2D eigenvalue weighted by Gasteiger charge is -2.43. The molecule has 12 atom stereocenters. The minimum atomic E-state index is -0.581. The molecule has 5 saturated heterocycles. The van der Waals surface area contributed by atoms with Gasteiger partial charge in [-0.3, -0.25) is 35.1 Å². The molecule has 17 nitrogen and oxygen atoms in total. The minimum Gasteiger partial charge on any atom is -0.375 e. The summed E-state index contributed by atoms with van der Waals surface area (Å²) in [5.41, 5.74) is 11.2. The Bertz CT molecular complexity index is 1750. The molecule has 6 amide bonds. The number of ether oxygens (including phenoxy) is 2. The van der Waals surface area contributed by atoms with Gasteiger partial charge in [-0.05, 0) is 114 Å². The predicted molar refractivity (Wildman–Crippen MR) is 243 cm³/mol. The zero-order valence-corrected chi connectivity index (χ0v) is 39.0. The van der Waals surface area contributed by atoms with Crippen LogP contribution in [-0.4, -0.2) is 144 Å². The summed E-state index contributed by atoms with van der Waals surface area (Å²) in [6.07, 6.45) is 18.0. The van der Waals surface area contributed by atoms with Crippen molar-refractivity contribution in [3.05, 3.63) is 12.2 Å². The second-order valence-corrected chi connectivity index (χ2v) is 21.7. The first-order valence-corrected chi connectivity index (χ1v) is 25.7. The Morgan fingerprint density at radius 2 is 1.65 bits per heavy atom. The van der Waals surface area contributed by atoms with Crippen molar-refractivity contribution in [3.8, 4) is 0 Å². The number of halogens is 1. The monoisotopic (exact) mass is 927 g/mol. The van der Waals surface area contributed by atoms with Crippen LogP contribution in [0.1, 0.15) is 122 Å². The van der Waals surface area contributed by atoms with Crippen LogP contribution < -0.4 is 37.7 Å². The third-order valence-electron chi connectivity index (χ3n) is 16.7. The Morgan fingerprint density at radius 1 is 0.846 bits per heavy atom. The lowest BCUT2D eigenvalue weighted by molar-refractivity contribution is -0.144. The molecule has 0 aromatic heterocycles. The molecule has 11 unspecified atom stereocenters. The lowest BCUT2D eigenvalue weighted by Crippen LogP contribution is -2.66. The van der Waals surface area contributed by atoms with E-state index in [1.165, 1.54) is 32.1 Å². The third kappa shape index (κ3) is 11.0. The Balaban J connectivity index is 0.707. The number of piperidine rings is 2. The number of amides is 6. The number of nitrogens with zero attached hydrogens (tertiary/aromatic N) is 3. The quantitative estimate of drug-likeness (QED) is 0.0856. The summed E-state index contributed by atoms with van der Waals surface area (Å²) in [5.74, 6) is 0.217. The molecule has 4 saturated carbocycles. The Hall–Kier alpha value is -2.90. The van der Waals surface area contributed by atoms with Crippen molar-refractivity contribution in [2.75, 3.05) is 39.5 Å². The molecule has 362 valence electrons. The van der Waals surface area contributed by atoms with E-state index in [9.17, 15) is 24.0 Å². The summed E-state index contributed by atoms with van der Waals surface area (Å²) in [6.45, 7) is 7.21. The first kappa shape index (κ1) is 47.2. The van der Waals surface area contributed by atoms with Gasteiger partial charge >= 0.3 is 6.03 Å². The fourth-order valence-electron chi connectivity index (χ4n) is 13.3. The van der Waals surface area contributed by atoms with Crippen molar-refractivity contribution >= 4 is 41.3 Å². The van der Waals surface area contributed by atoms with E-state index in [0.717, 1.165) is 57.8 Å². The Kier molecular flexibility index (Phi) is 15.4. The fraction of sp³-hybridized carbons (Fsp3) is 0.851. The van der Waals surface area contributed by atoms with Gasteiger partial charge in [-0.1, -0.05) is 25.8 Å². The van der Waals surface area contributed by atoms with Crippen LogP contribution in [0.3, 0.4) is 0 Å². The maximum atomic E-state index is 13.9. The molecule has 0 aromatic rings. The van der Waals surface area contributed by atoms with Gasteiger partial charge in [-0.25, -0.2) is 15.2 Å². The molecule has 9 fully saturated rings. The van der Waals surface area contributed by atoms with Gasteiger partial charge in [0.15, 0.2) is 0 Å². The molecule has 9 rings (SSSR count). The zero-order chi connectivity index (χ0) is 45.2. The number of hydrogen-bond acceptors (Lipinski definition) is 12. The van der Waals surface area contributed by atoms with Crippen LogP contribution in [0.4, 0.5) is 4.79 Å². The van der Waals surface area contributed by atoms with Gasteiger partial charge in [0.25, 0.3) is 5.91 Å². The highest BCUT2D eigenvalue weighted by Crippen LogP contribution is 2.42. The van der Waals surface area contributed by atoms with Crippen LogP contribution in [0.25, 0.3) is 0 Å². The van der Waals surface area contributed by atoms with Crippen molar-refractivity contribution in [1.29, 1.82) is 0 Å². The summed E-state index contributed by atoms with van der Waals surface area (Å²) in [5, 5.41) is 17.9. The van der Waals surface area contributed by atoms with E-state index in [0.29, 0.717) is 82.2 Å². The molecule has 0 radical (unpaired) electrons. The largest absolute Gasteiger partial charge is 0.375 e. The van der Waals surface area contributed by atoms with Gasteiger partial charge < -0.3 is 35.6 Å². The number of fused-ring (bicyclic) bond motifs is 2. The summed E-state index contributed by atoms with van der Waals surface area (Å²) < 4.78 is 12.9. The second-order valence-electron chi connectivity index (χ2n) is 21.1. The molecule has 0 aromatic carbocycles.